The Morgan fingerprint density at radius 3 is 2.56 bits per heavy atom. The lowest BCUT2D eigenvalue weighted by atomic mass is 9.96. The summed E-state index contributed by atoms with van der Waals surface area (Å²) in [4.78, 5) is 10.4. The number of hydrogen-bond donors (Lipinski definition) is 2. The van der Waals surface area contributed by atoms with Crippen LogP contribution in [-0.4, -0.2) is 53.4 Å². The van der Waals surface area contributed by atoms with Crippen LogP contribution in [0, 0.1) is 17.6 Å². The minimum atomic E-state index is -3.78. The van der Waals surface area contributed by atoms with Gasteiger partial charge in [-0.25, -0.2) is 22.2 Å². The van der Waals surface area contributed by atoms with Gasteiger partial charge in [-0.15, -0.1) is 0 Å². The van der Waals surface area contributed by atoms with Gasteiger partial charge in [0.25, 0.3) is 0 Å². The lowest BCUT2D eigenvalue weighted by Gasteiger charge is -2.37. The van der Waals surface area contributed by atoms with Gasteiger partial charge >= 0.3 is 0 Å². The first kappa shape index (κ1) is 24.1. The number of imidazole rings is 1. The zero-order chi connectivity index (χ0) is 25.6. The maximum absolute atomic E-state index is 14.8. The Morgan fingerprint density at radius 1 is 1.11 bits per heavy atom. The molecule has 36 heavy (non-hydrogen) atoms. The predicted molar refractivity (Wildman–Crippen MR) is 133 cm³/mol. The molecule has 0 aliphatic carbocycles. The molecule has 2 atom stereocenters. The maximum Gasteiger partial charge on any atom is 0.229 e. The van der Waals surface area contributed by atoms with Crippen molar-refractivity contribution < 1.29 is 17.2 Å². The van der Waals surface area contributed by atoms with E-state index in [1.165, 1.54) is 10.6 Å². The van der Waals surface area contributed by atoms with E-state index in [9.17, 15) is 17.2 Å². The molecular weight excluding hydrogens is 488 g/mol. The summed E-state index contributed by atoms with van der Waals surface area (Å²) in [5, 5.41) is 7.63. The van der Waals surface area contributed by atoms with Gasteiger partial charge in [0.1, 0.15) is 11.6 Å². The Hall–Kier alpha value is -3.64. The van der Waals surface area contributed by atoms with Gasteiger partial charge in [0.05, 0.1) is 45.4 Å². The van der Waals surface area contributed by atoms with Crippen LogP contribution in [0.2, 0.25) is 0 Å². The van der Waals surface area contributed by atoms with Crippen LogP contribution in [0.25, 0.3) is 16.8 Å². The number of sulfone groups is 1. The van der Waals surface area contributed by atoms with E-state index in [0.29, 0.717) is 29.6 Å². The van der Waals surface area contributed by atoms with E-state index in [2.05, 4.69) is 32.2 Å². The summed E-state index contributed by atoms with van der Waals surface area (Å²) in [5.74, 6) is -1.29. The van der Waals surface area contributed by atoms with Crippen molar-refractivity contribution in [2.75, 3.05) is 29.6 Å². The third kappa shape index (κ3) is 4.61. The summed E-state index contributed by atoms with van der Waals surface area (Å²) in [6, 6.07) is 6.62. The van der Waals surface area contributed by atoms with Gasteiger partial charge < -0.3 is 16.0 Å². The number of rotatable bonds is 5. The molecule has 1 fully saturated rings. The number of hydrogen-bond acceptors (Lipinski definition) is 8. The minimum Gasteiger partial charge on any atom is -0.368 e. The number of fused-ring (bicyclic) bond motifs is 1. The predicted octanol–water partition coefficient (Wildman–Crippen LogP) is 3.39. The fourth-order valence-electron chi connectivity index (χ4n) is 4.59. The van der Waals surface area contributed by atoms with Crippen LogP contribution < -0.4 is 16.0 Å². The molecule has 1 aromatic carbocycles. The Kier molecular flexibility index (Phi) is 6.08. The number of pyridine rings is 1. The van der Waals surface area contributed by atoms with Crippen molar-refractivity contribution in [1.82, 2.24) is 19.6 Å². The van der Waals surface area contributed by atoms with E-state index >= 15 is 0 Å². The molecule has 0 saturated carbocycles. The summed E-state index contributed by atoms with van der Waals surface area (Å²) in [6.45, 7) is 3.71. The van der Waals surface area contributed by atoms with Gasteiger partial charge in [-0.2, -0.15) is 9.61 Å². The van der Waals surface area contributed by atoms with Crippen molar-refractivity contribution in [3.63, 3.8) is 0 Å². The number of anilines is 3. The Balaban J connectivity index is 1.52. The second-order valence-corrected chi connectivity index (χ2v) is 11.2. The molecule has 12 heteroatoms. The van der Waals surface area contributed by atoms with E-state index in [1.54, 1.807) is 24.7 Å². The van der Waals surface area contributed by atoms with Crippen LogP contribution >= 0.6 is 0 Å². The summed E-state index contributed by atoms with van der Waals surface area (Å²) >= 11 is 0. The highest BCUT2D eigenvalue weighted by molar-refractivity contribution is 7.90. The molecule has 0 unspecified atom stereocenters. The Morgan fingerprint density at radius 2 is 1.86 bits per heavy atom. The van der Waals surface area contributed by atoms with Crippen LogP contribution in [0.5, 0.6) is 0 Å². The number of nitrogens with zero attached hydrogens (tertiary/aromatic N) is 5. The summed E-state index contributed by atoms with van der Waals surface area (Å²) < 4.78 is 54.5. The first-order valence-corrected chi connectivity index (χ1v) is 13.2. The average molecular weight is 514 g/mol. The van der Waals surface area contributed by atoms with Crippen molar-refractivity contribution in [3.05, 3.63) is 60.6 Å². The quantitative estimate of drug-likeness (QED) is 0.417. The molecule has 1 saturated heterocycles. The molecule has 0 bridgehead atoms. The van der Waals surface area contributed by atoms with Gasteiger partial charge in [0.2, 0.25) is 5.95 Å². The molecule has 0 amide bonds. The van der Waals surface area contributed by atoms with Gasteiger partial charge in [0, 0.05) is 31.6 Å². The molecule has 9 nitrogen and oxygen atoms in total. The van der Waals surface area contributed by atoms with Gasteiger partial charge in [-0.05, 0) is 42.7 Å². The molecular formula is C24H25F2N7O2S. The van der Waals surface area contributed by atoms with Crippen molar-refractivity contribution >= 4 is 32.7 Å². The number of benzene rings is 1. The lowest BCUT2D eigenvalue weighted by molar-refractivity contribution is 0.402. The van der Waals surface area contributed by atoms with E-state index in [0.717, 1.165) is 37.0 Å². The second kappa shape index (κ2) is 9.10. The molecule has 5 rings (SSSR count). The standard InChI is InChI=1S/C24H25F2N7O2S/c1-14-7-15(27)13-32(12-14)22-5-6-28-11-21(22)30-24-29-10-16-3-4-20(31-33(16)24)23-18(25)8-17(9-19(23)26)36(2,34)35/h3-6,8-11,14-15H,7,12-13,27H2,1-2H3,(H,29,30)/t14-,15+/m1/s1. The Labute approximate surface area is 206 Å². The number of nitrogens with two attached hydrogens (primary N) is 1. The SMILES string of the molecule is C[C@@H]1C[C@H](N)CN(c2ccncc2Nc2ncc3ccc(-c4c(F)cc(S(C)(=O)=O)cc4F)nn23)C1. The Bertz CT molecular complexity index is 1520. The summed E-state index contributed by atoms with van der Waals surface area (Å²) in [7, 11) is -3.78. The van der Waals surface area contributed by atoms with Gasteiger partial charge in [0.15, 0.2) is 9.84 Å². The highest BCUT2D eigenvalue weighted by Crippen LogP contribution is 2.32. The summed E-state index contributed by atoms with van der Waals surface area (Å²) in [6.07, 6.45) is 6.80. The number of piperidine rings is 1. The van der Waals surface area contributed by atoms with E-state index in [-0.39, 0.29) is 11.7 Å². The van der Waals surface area contributed by atoms with Crippen molar-refractivity contribution in [2.24, 2.45) is 11.7 Å². The molecule has 1 aliphatic heterocycles. The molecule has 188 valence electrons. The highest BCUT2D eigenvalue weighted by Gasteiger charge is 2.25. The van der Waals surface area contributed by atoms with E-state index in [1.807, 2.05) is 6.07 Å². The monoisotopic (exact) mass is 513 g/mol. The first-order valence-electron chi connectivity index (χ1n) is 11.4. The van der Waals surface area contributed by atoms with Crippen molar-refractivity contribution in [3.8, 4) is 11.3 Å². The van der Waals surface area contributed by atoms with Gasteiger partial charge in [-0.1, -0.05) is 6.92 Å². The van der Waals surface area contributed by atoms with Crippen LogP contribution in [-0.2, 0) is 9.84 Å². The van der Waals surface area contributed by atoms with Crippen LogP contribution in [0.15, 0.2) is 53.8 Å². The fraction of sp³-hybridized carbons (Fsp3) is 0.292. The van der Waals surface area contributed by atoms with E-state index in [4.69, 9.17) is 5.73 Å². The topological polar surface area (TPSA) is 119 Å². The van der Waals surface area contributed by atoms with E-state index < -0.39 is 31.9 Å². The smallest absolute Gasteiger partial charge is 0.229 e. The van der Waals surface area contributed by atoms with Gasteiger partial charge in [-0.3, -0.25) is 4.98 Å². The van der Waals surface area contributed by atoms with Crippen molar-refractivity contribution in [1.29, 1.82) is 0 Å². The molecule has 0 spiro atoms. The zero-order valence-corrected chi connectivity index (χ0v) is 20.5. The number of aromatic nitrogens is 4. The number of halogens is 2. The second-order valence-electron chi connectivity index (χ2n) is 9.19. The third-order valence-electron chi connectivity index (χ3n) is 6.16. The molecule has 0 radical (unpaired) electrons. The molecule has 1 aliphatic rings. The maximum atomic E-state index is 14.8. The highest BCUT2D eigenvalue weighted by atomic mass is 32.2. The number of nitrogens with one attached hydrogen (secondary N) is 1. The zero-order valence-electron chi connectivity index (χ0n) is 19.7. The fourth-order valence-corrected chi connectivity index (χ4v) is 5.22. The van der Waals surface area contributed by atoms with Crippen LogP contribution in [0.1, 0.15) is 13.3 Å². The normalized spacial score (nSPS) is 18.5. The van der Waals surface area contributed by atoms with Crippen molar-refractivity contribution in [2.45, 2.75) is 24.3 Å². The summed E-state index contributed by atoms with van der Waals surface area (Å²) in [5.41, 5.74) is 7.99. The molecule has 4 aromatic rings. The lowest BCUT2D eigenvalue weighted by Crippen LogP contribution is -2.46. The van der Waals surface area contributed by atoms with Crippen LogP contribution in [0.3, 0.4) is 0 Å². The molecule has 4 heterocycles. The molecule has 3 N–H and O–H groups in total. The minimum absolute atomic E-state index is 0.0131. The third-order valence-corrected chi connectivity index (χ3v) is 7.25. The largest absolute Gasteiger partial charge is 0.368 e. The first-order chi connectivity index (χ1) is 17.1. The molecule has 3 aromatic heterocycles. The average Bonchev–Trinajstić information content (AvgIpc) is 3.20. The van der Waals surface area contributed by atoms with Crippen LogP contribution in [0.4, 0.5) is 26.1 Å².